The van der Waals surface area contributed by atoms with Crippen LogP contribution in [-0.4, -0.2) is 23.3 Å². The fraction of sp³-hybridized carbons (Fsp3) is 0.0714. The molecule has 2 aromatic rings. The molecule has 0 spiro atoms. The second kappa shape index (κ2) is 6.87. The van der Waals surface area contributed by atoms with Crippen LogP contribution in [0.5, 0.6) is 0 Å². The van der Waals surface area contributed by atoms with Crippen molar-refractivity contribution in [1.29, 1.82) is 0 Å². The molecule has 7 heteroatoms. The highest BCUT2D eigenvalue weighted by atomic mass is 19.1. The third kappa shape index (κ3) is 4.59. The Labute approximate surface area is 121 Å². The van der Waals surface area contributed by atoms with E-state index in [1.54, 1.807) is 12.1 Å². The van der Waals surface area contributed by atoms with Crippen molar-refractivity contribution in [3.05, 3.63) is 59.9 Å². The topological polar surface area (TPSA) is 78.8 Å². The quantitative estimate of drug-likeness (QED) is 0.740. The Balaban J connectivity index is 1.96. The molecule has 5 nitrogen and oxygen atoms in total. The number of hydrogen-bond acceptors (Lipinski definition) is 4. The number of ether oxygens (including phenoxy) is 1. The molecule has 108 valence electrons. The fourth-order valence-electron chi connectivity index (χ4n) is 1.71. The van der Waals surface area contributed by atoms with Gasteiger partial charge in [0.05, 0.1) is 0 Å². The molecule has 3 N–H and O–H groups in total. The molecule has 2 aromatic carbocycles. The summed E-state index contributed by atoms with van der Waals surface area (Å²) in [5.41, 5.74) is 0.836. The molecule has 0 aliphatic carbocycles. The summed E-state index contributed by atoms with van der Waals surface area (Å²) in [4.78, 5) is 11.6. The highest BCUT2D eigenvalue weighted by Crippen LogP contribution is 2.09. The maximum absolute atomic E-state index is 13.3. The van der Waals surface area contributed by atoms with E-state index in [0.29, 0.717) is 0 Å². The fourth-order valence-corrected chi connectivity index (χ4v) is 1.71. The summed E-state index contributed by atoms with van der Waals surface area (Å²) in [5, 5.41) is 20.3. The Kier molecular flexibility index (Phi) is 4.92. The molecule has 0 aliphatic heterocycles. The average molecular weight is 289 g/mol. The monoisotopic (exact) mass is 289 g/mol. The normalized spacial score (nSPS) is 10.0. The van der Waals surface area contributed by atoms with Crippen molar-refractivity contribution in [3.63, 3.8) is 0 Å². The van der Waals surface area contributed by atoms with Crippen LogP contribution in [-0.2, 0) is 11.3 Å². The van der Waals surface area contributed by atoms with Crippen LogP contribution in [0.3, 0.4) is 0 Å². The van der Waals surface area contributed by atoms with Crippen molar-refractivity contribution in [2.24, 2.45) is 0 Å². The second-order valence-corrected chi connectivity index (χ2v) is 4.33. The zero-order valence-corrected chi connectivity index (χ0v) is 11.0. The van der Waals surface area contributed by atoms with Crippen LogP contribution in [0.25, 0.3) is 0 Å². The Bertz CT molecular complexity index is 622. The molecule has 0 fully saturated rings. The van der Waals surface area contributed by atoms with Crippen molar-refractivity contribution < 1.29 is 24.0 Å². The van der Waals surface area contributed by atoms with E-state index in [4.69, 9.17) is 14.8 Å². The molecule has 0 aliphatic rings. The van der Waals surface area contributed by atoms with Crippen molar-refractivity contribution in [2.45, 2.75) is 6.61 Å². The molecule has 0 radical (unpaired) electrons. The summed E-state index contributed by atoms with van der Waals surface area (Å²) in [6, 6.07) is 12.3. The van der Waals surface area contributed by atoms with Gasteiger partial charge in [-0.15, -0.1) is 0 Å². The van der Waals surface area contributed by atoms with Crippen LogP contribution in [0.2, 0.25) is 0 Å². The molecule has 1 amide bonds. The lowest BCUT2D eigenvalue weighted by Gasteiger charge is -2.09. The third-order valence-corrected chi connectivity index (χ3v) is 2.68. The average Bonchev–Trinajstić information content (AvgIpc) is 2.45. The first-order chi connectivity index (χ1) is 10.0. The minimum atomic E-state index is -1.82. The number of anilines is 1. The molecular formula is C14H13BFNO4. The smallest absolute Gasteiger partial charge is 0.444 e. The number of amides is 1. The predicted molar refractivity (Wildman–Crippen MR) is 76.5 cm³/mol. The summed E-state index contributed by atoms with van der Waals surface area (Å²) >= 11 is 0. The number of carbonyl (C=O) groups excluding carboxylic acids is 1. The highest BCUT2D eigenvalue weighted by molar-refractivity contribution is 6.58. The van der Waals surface area contributed by atoms with E-state index in [1.165, 1.54) is 6.07 Å². The van der Waals surface area contributed by atoms with E-state index in [2.05, 4.69) is 5.32 Å². The molecule has 0 saturated carbocycles. The van der Waals surface area contributed by atoms with Gasteiger partial charge in [-0.2, -0.15) is 0 Å². The second-order valence-electron chi connectivity index (χ2n) is 4.33. The molecule has 2 rings (SSSR count). The van der Waals surface area contributed by atoms with Crippen LogP contribution in [0.15, 0.2) is 48.5 Å². The molecule has 0 heterocycles. The first-order valence-corrected chi connectivity index (χ1v) is 6.19. The van der Waals surface area contributed by atoms with Gasteiger partial charge < -0.3 is 14.8 Å². The largest absolute Gasteiger partial charge is 0.488 e. The standard InChI is InChI=1S/C14H13BFNO4/c16-12-6-11(15(19)20)7-13(8-12)17-14(18)21-9-10-4-2-1-3-5-10/h1-8,19-20H,9H2,(H,17,18). The first kappa shape index (κ1) is 15.0. The summed E-state index contributed by atoms with van der Waals surface area (Å²) < 4.78 is 18.2. The number of hydrogen-bond donors (Lipinski definition) is 3. The first-order valence-electron chi connectivity index (χ1n) is 6.19. The predicted octanol–water partition coefficient (Wildman–Crippen LogP) is 1.25. The maximum atomic E-state index is 13.3. The van der Waals surface area contributed by atoms with Gasteiger partial charge in [-0.25, -0.2) is 9.18 Å². The zero-order valence-electron chi connectivity index (χ0n) is 11.0. The molecule has 0 unspecified atom stereocenters. The van der Waals surface area contributed by atoms with E-state index < -0.39 is 19.0 Å². The van der Waals surface area contributed by atoms with E-state index in [0.717, 1.165) is 17.7 Å². The van der Waals surface area contributed by atoms with Gasteiger partial charge in [-0.3, -0.25) is 5.32 Å². The number of halogens is 1. The third-order valence-electron chi connectivity index (χ3n) is 2.68. The lowest BCUT2D eigenvalue weighted by Crippen LogP contribution is -2.30. The SMILES string of the molecule is O=C(Nc1cc(F)cc(B(O)O)c1)OCc1ccccc1. The van der Waals surface area contributed by atoms with Gasteiger partial charge in [-0.05, 0) is 29.2 Å². The minimum absolute atomic E-state index is 0.0617. The molecule has 0 saturated heterocycles. The van der Waals surface area contributed by atoms with Gasteiger partial charge in [0.2, 0.25) is 0 Å². The van der Waals surface area contributed by atoms with Crippen LogP contribution in [0.1, 0.15) is 5.56 Å². The summed E-state index contributed by atoms with van der Waals surface area (Å²) in [5.74, 6) is -0.695. The van der Waals surface area contributed by atoms with E-state index in [9.17, 15) is 9.18 Å². The summed E-state index contributed by atoms with van der Waals surface area (Å²) in [6.07, 6.45) is -0.761. The maximum Gasteiger partial charge on any atom is 0.488 e. The molecule has 0 aromatic heterocycles. The van der Waals surface area contributed by atoms with Crippen LogP contribution >= 0.6 is 0 Å². The Hall–Kier alpha value is -2.38. The highest BCUT2D eigenvalue weighted by Gasteiger charge is 2.14. The van der Waals surface area contributed by atoms with Gasteiger partial charge in [0, 0.05) is 5.69 Å². The summed E-state index contributed by atoms with van der Waals surface area (Å²) in [7, 11) is -1.82. The Morgan fingerprint density at radius 1 is 1.19 bits per heavy atom. The Morgan fingerprint density at radius 2 is 1.90 bits per heavy atom. The lowest BCUT2D eigenvalue weighted by molar-refractivity contribution is 0.155. The van der Waals surface area contributed by atoms with Crippen molar-refractivity contribution >= 4 is 24.4 Å². The van der Waals surface area contributed by atoms with Gasteiger partial charge in [0.25, 0.3) is 0 Å². The van der Waals surface area contributed by atoms with Gasteiger partial charge in [-0.1, -0.05) is 30.3 Å². The zero-order chi connectivity index (χ0) is 15.2. The summed E-state index contributed by atoms with van der Waals surface area (Å²) in [6.45, 7) is 0.0808. The van der Waals surface area contributed by atoms with Crippen LogP contribution < -0.4 is 10.8 Å². The van der Waals surface area contributed by atoms with E-state index in [1.807, 2.05) is 18.2 Å². The lowest BCUT2D eigenvalue weighted by atomic mass is 9.80. The van der Waals surface area contributed by atoms with Crippen molar-refractivity contribution in [2.75, 3.05) is 5.32 Å². The van der Waals surface area contributed by atoms with Crippen LogP contribution in [0, 0.1) is 5.82 Å². The van der Waals surface area contributed by atoms with Gasteiger partial charge in [0.15, 0.2) is 0 Å². The molecule has 0 bridgehead atoms. The van der Waals surface area contributed by atoms with Crippen LogP contribution in [0.4, 0.5) is 14.9 Å². The van der Waals surface area contributed by atoms with E-state index in [-0.39, 0.29) is 17.8 Å². The minimum Gasteiger partial charge on any atom is -0.444 e. The Morgan fingerprint density at radius 3 is 2.57 bits per heavy atom. The number of rotatable bonds is 4. The number of nitrogens with one attached hydrogen (secondary N) is 1. The van der Waals surface area contributed by atoms with E-state index >= 15 is 0 Å². The van der Waals surface area contributed by atoms with Crippen molar-refractivity contribution in [1.82, 2.24) is 0 Å². The number of benzene rings is 2. The van der Waals surface area contributed by atoms with Gasteiger partial charge in [0.1, 0.15) is 12.4 Å². The molecule has 21 heavy (non-hydrogen) atoms. The molecular weight excluding hydrogens is 276 g/mol. The van der Waals surface area contributed by atoms with Gasteiger partial charge >= 0.3 is 13.2 Å². The molecule has 0 atom stereocenters. The number of carbonyl (C=O) groups is 1. The van der Waals surface area contributed by atoms with Crippen molar-refractivity contribution in [3.8, 4) is 0 Å².